The van der Waals surface area contributed by atoms with Crippen LogP contribution in [0, 0.1) is 5.92 Å². The quantitative estimate of drug-likeness (QED) is 0.716. The van der Waals surface area contributed by atoms with Crippen molar-refractivity contribution in [2.24, 2.45) is 5.92 Å². The minimum Gasteiger partial charge on any atom is -0.462 e. The van der Waals surface area contributed by atoms with Crippen molar-refractivity contribution in [2.45, 2.75) is 20.8 Å². The lowest BCUT2D eigenvalue weighted by Crippen LogP contribution is -2.39. The molecule has 1 rings (SSSR count). The highest BCUT2D eigenvalue weighted by Crippen LogP contribution is 2.16. The molecule has 0 unspecified atom stereocenters. The SMILES string of the molecule is CCOC(=O)c1ccccc1NC(=O)CN(CC(C)C)S(C)(=O)=O. The van der Waals surface area contributed by atoms with E-state index in [0.29, 0.717) is 5.69 Å². The largest absolute Gasteiger partial charge is 0.462 e. The van der Waals surface area contributed by atoms with E-state index in [1.54, 1.807) is 25.1 Å². The Balaban J connectivity index is 2.89. The average Bonchev–Trinajstić information content (AvgIpc) is 2.46. The number of benzene rings is 1. The summed E-state index contributed by atoms with van der Waals surface area (Å²) in [5, 5.41) is 2.58. The molecule has 8 heteroatoms. The zero-order valence-corrected chi connectivity index (χ0v) is 15.2. The second-order valence-corrected chi connectivity index (χ2v) is 7.75. The van der Waals surface area contributed by atoms with Crippen LogP contribution in [-0.2, 0) is 19.6 Å². The van der Waals surface area contributed by atoms with Crippen molar-refractivity contribution >= 4 is 27.6 Å². The summed E-state index contributed by atoms with van der Waals surface area (Å²) in [7, 11) is -3.50. The van der Waals surface area contributed by atoms with Crippen LogP contribution in [0.3, 0.4) is 0 Å². The lowest BCUT2D eigenvalue weighted by atomic mass is 10.2. The Morgan fingerprint density at radius 3 is 2.42 bits per heavy atom. The van der Waals surface area contributed by atoms with Gasteiger partial charge in [-0.05, 0) is 25.0 Å². The lowest BCUT2D eigenvalue weighted by molar-refractivity contribution is -0.116. The second-order valence-electron chi connectivity index (χ2n) is 5.76. The van der Waals surface area contributed by atoms with E-state index in [9.17, 15) is 18.0 Å². The van der Waals surface area contributed by atoms with Crippen LogP contribution >= 0.6 is 0 Å². The van der Waals surface area contributed by atoms with E-state index >= 15 is 0 Å². The summed E-state index contributed by atoms with van der Waals surface area (Å²) in [6, 6.07) is 6.43. The normalized spacial score (nSPS) is 11.6. The molecular formula is C16H24N2O5S. The number of carbonyl (C=O) groups is 2. The third-order valence-corrected chi connectivity index (χ3v) is 4.27. The fourth-order valence-corrected chi connectivity index (χ4v) is 2.97. The number of nitrogens with one attached hydrogen (secondary N) is 1. The number of anilines is 1. The van der Waals surface area contributed by atoms with Crippen molar-refractivity contribution in [1.82, 2.24) is 4.31 Å². The number of esters is 1. The lowest BCUT2D eigenvalue weighted by Gasteiger charge is -2.21. The molecule has 7 nitrogen and oxygen atoms in total. The maximum atomic E-state index is 12.2. The maximum absolute atomic E-state index is 12.2. The van der Waals surface area contributed by atoms with Crippen molar-refractivity contribution in [3.8, 4) is 0 Å². The van der Waals surface area contributed by atoms with E-state index in [2.05, 4.69) is 5.32 Å². The number of amides is 1. The van der Waals surface area contributed by atoms with Gasteiger partial charge in [0.1, 0.15) is 0 Å². The van der Waals surface area contributed by atoms with Crippen molar-refractivity contribution < 1.29 is 22.7 Å². The Hall–Kier alpha value is -1.93. The highest BCUT2D eigenvalue weighted by molar-refractivity contribution is 7.88. The highest BCUT2D eigenvalue weighted by Gasteiger charge is 2.22. The maximum Gasteiger partial charge on any atom is 0.340 e. The highest BCUT2D eigenvalue weighted by atomic mass is 32.2. The van der Waals surface area contributed by atoms with Gasteiger partial charge in [0.05, 0.1) is 30.7 Å². The molecule has 0 bridgehead atoms. The number of ether oxygens (including phenoxy) is 1. The van der Waals surface area contributed by atoms with Crippen LogP contribution < -0.4 is 5.32 Å². The Labute approximate surface area is 143 Å². The van der Waals surface area contributed by atoms with Crippen molar-refractivity contribution in [1.29, 1.82) is 0 Å². The average molecular weight is 356 g/mol. The molecule has 24 heavy (non-hydrogen) atoms. The molecular weight excluding hydrogens is 332 g/mol. The molecule has 1 aromatic carbocycles. The van der Waals surface area contributed by atoms with E-state index in [-0.39, 0.29) is 31.2 Å². The van der Waals surface area contributed by atoms with Gasteiger partial charge in [-0.15, -0.1) is 0 Å². The predicted molar refractivity (Wildman–Crippen MR) is 92.3 cm³/mol. The van der Waals surface area contributed by atoms with Gasteiger partial charge >= 0.3 is 5.97 Å². The molecule has 0 aromatic heterocycles. The summed E-state index contributed by atoms with van der Waals surface area (Å²) >= 11 is 0. The van der Waals surface area contributed by atoms with Gasteiger partial charge in [0.15, 0.2) is 0 Å². The molecule has 0 heterocycles. The molecule has 0 atom stereocenters. The number of hydrogen-bond donors (Lipinski definition) is 1. The minimum absolute atomic E-state index is 0.0827. The first-order chi connectivity index (χ1) is 11.1. The zero-order chi connectivity index (χ0) is 18.3. The Kier molecular flexibility index (Phi) is 7.37. The van der Waals surface area contributed by atoms with Crippen LogP contribution in [0.4, 0.5) is 5.69 Å². The molecule has 1 aromatic rings. The second kappa shape index (κ2) is 8.79. The van der Waals surface area contributed by atoms with E-state index < -0.39 is 21.9 Å². The summed E-state index contributed by atoms with van der Waals surface area (Å²) in [5.41, 5.74) is 0.515. The summed E-state index contributed by atoms with van der Waals surface area (Å²) in [6.07, 6.45) is 1.06. The number of nitrogens with zero attached hydrogens (tertiary/aromatic N) is 1. The first kappa shape index (κ1) is 20.1. The molecule has 134 valence electrons. The topological polar surface area (TPSA) is 92.8 Å². The molecule has 0 saturated heterocycles. The molecule has 1 amide bonds. The van der Waals surface area contributed by atoms with Gasteiger partial charge in [-0.1, -0.05) is 26.0 Å². The van der Waals surface area contributed by atoms with Crippen molar-refractivity contribution in [3.63, 3.8) is 0 Å². The van der Waals surface area contributed by atoms with Gasteiger partial charge in [0, 0.05) is 6.54 Å². The first-order valence-corrected chi connectivity index (χ1v) is 9.51. The molecule has 0 fully saturated rings. The number of sulfonamides is 1. The first-order valence-electron chi connectivity index (χ1n) is 7.66. The van der Waals surface area contributed by atoms with E-state index in [4.69, 9.17) is 4.74 Å². The third kappa shape index (κ3) is 6.29. The van der Waals surface area contributed by atoms with Crippen molar-refractivity contribution in [3.05, 3.63) is 29.8 Å². The molecule has 0 saturated carbocycles. The third-order valence-electron chi connectivity index (χ3n) is 3.05. The summed E-state index contributed by atoms with van der Waals surface area (Å²) in [4.78, 5) is 24.1. The van der Waals surface area contributed by atoms with Crippen LogP contribution in [0.15, 0.2) is 24.3 Å². The van der Waals surface area contributed by atoms with Gasteiger partial charge in [0.2, 0.25) is 15.9 Å². The van der Waals surface area contributed by atoms with Gasteiger partial charge < -0.3 is 10.1 Å². The number of hydrogen-bond acceptors (Lipinski definition) is 5. The fourth-order valence-electron chi connectivity index (χ4n) is 2.05. The van der Waals surface area contributed by atoms with Gasteiger partial charge in [0.25, 0.3) is 0 Å². The monoisotopic (exact) mass is 356 g/mol. The van der Waals surface area contributed by atoms with Crippen LogP contribution in [0.25, 0.3) is 0 Å². The zero-order valence-electron chi connectivity index (χ0n) is 14.4. The van der Waals surface area contributed by atoms with Crippen LogP contribution in [0.2, 0.25) is 0 Å². The van der Waals surface area contributed by atoms with Crippen LogP contribution in [0.1, 0.15) is 31.1 Å². The smallest absolute Gasteiger partial charge is 0.340 e. The Morgan fingerprint density at radius 2 is 1.88 bits per heavy atom. The standard InChI is InChI=1S/C16H24N2O5S/c1-5-23-16(20)13-8-6-7-9-14(13)17-15(19)11-18(10-12(2)3)24(4,21)22/h6-9,12H,5,10-11H2,1-4H3,(H,17,19). The summed E-state index contributed by atoms with van der Waals surface area (Å²) < 4.78 is 29.6. The van der Waals surface area contributed by atoms with Gasteiger partial charge in [-0.3, -0.25) is 4.79 Å². The van der Waals surface area contributed by atoms with Crippen LogP contribution in [-0.4, -0.2) is 50.6 Å². The summed E-state index contributed by atoms with van der Waals surface area (Å²) in [6.45, 7) is 5.57. The fraction of sp³-hybridized carbons (Fsp3) is 0.500. The number of para-hydroxylation sites is 1. The molecule has 0 spiro atoms. The number of rotatable bonds is 8. The molecule has 0 radical (unpaired) electrons. The summed E-state index contributed by atoms with van der Waals surface area (Å²) in [5.74, 6) is -0.979. The van der Waals surface area contributed by atoms with Crippen molar-refractivity contribution in [2.75, 3.05) is 31.3 Å². The minimum atomic E-state index is -3.50. The van der Waals surface area contributed by atoms with Crippen LogP contribution in [0.5, 0.6) is 0 Å². The number of carbonyl (C=O) groups excluding carboxylic acids is 2. The molecule has 0 aliphatic heterocycles. The van der Waals surface area contributed by atoms with E-state index in [1.807, 2.05) is 13.8 Å². The van der Waals surface area contributed by atoms with E-state index in [0.717, 1.165) is 10.6 Å². The predicted octanol–water partition coefficient (Wildman–Crippen LogP) is 1.72. The van der Waals surface area contributed by atoms with Gasteiger partial charge in [-0.25, -0.2) is 13.2 Å². The molecule has 0 aliphatic carbocycles. The van der Waals surface area contributed by atoms with Gasteiger partial charge in [-0.2, -0.15) is 4.31 Å². The Morgan fingerprint density at radius 1 is 1.25 bits per heavy atom. The molecule has 1 N–H and O–H groups in total. The Bertz CT molecular complexity index is 685. The van der Waals surface area contributed by atoms with E-state index in [1.165, 1.54) is 6.07 Å². The molecule has 0 aliphatic rings.